The molecule has 1 aromatic heterocycles. The van der Waals surface area contributed by atoms with E-state index in [0.29, 0.717) is 18.1 Å². The molecule has 0 bridgehead atoms. The van der Waals surface area contributed by atoms with Gasteiger partial charge in [0.15, 0.2) is 5.82 Å². The summed E-state index contributed by atoms with van der Waals surface area (Å²) >= 11 is 0. The number of nitrogens with zero attached hydrogens (tertiary/aromatic N) is 3. The zero-order chi connectivity index (χ0) is 15.0. The molecule has 0 unspecified atom stereocenters. The van der Waals surface area contributed by atoms with E-state index in [1.54, 1.807) is 19.5 Å². The number of likely N-dealkylation sites (N-methyl/N-ethyl adjacent to an activating group) is 1. The van der Waals surface area contributed by atoms with Gasteiger partial charge in [0.25, 0.3) is 0 Å². The average Bonchev–Trinajstić information content (AvgIpc) is 3.29. The van der Waals surface area contributed by atoms with Crippen LogP contribution in [-0.4, -0.2) is 37.7 Å². The van der Waals surface area contributed by atoms with Crippen LogP contribution in [0.2, 0.25) is 0 Å². The Morgan fingerprint density at radius 1 is 1.57 bits per heavy atom. The van der Waals surface area contributed by atoms with Crippen LogP contribution in [0.1, 0.15) is 18.4 Å². The van der Waals surface area contributed by atoms with Crippen molar-refractivity contribution in [3.8, 4) is 0 Å². The highest BCUT2D eigenvalue weighted by Gasteiger charge is 2.31. The highest BCUT2D eigenvalue weighted by Crippen LogP contribution is 2.37. The third-order valence-corrected chi connectivity index (χ3v) is 3.82. The molecule has 1 aliphatic heterocycles. The summed E-state index contributed by atoms with van der Waals surface area (Å²) in [5.41, 5.74) is 9.66. The molecule has 21 heavy (non-hydrogen) atoms. The van der Waals surface area contributed by atoms with E-state index in [2.05, 4.69) is 15.3 Å². The lowest BCUT2D eigenvalue weighted by Crippen LogP contribution is -2.30. The Bertz CT molecular complexity index is 645. The highest BCUT2D eigenvalue weighted by molar-refractivity contribution is 6.01. The lowest BCUT2D eigenvalue weighted by molar-refractivity contribution is -0.117. The normalized spacial score (nSPS) is 18.1. The maximum Gasteiger partial charge on any atom is 0.228 e. The molecule has 1 saturated carbocycles. The minimum absolute atomic E-state index is 0.0489. The van der Waals surface area contributed by atoms with Crippen LogP contribution in [0, 0.1) is 5.92 Å². The Hall–Kier alpha value is -2.37. The molecule has 110 valence electrons. The lowest BCUT2D eigenvalue weighted by Gasteiger charge is -2.30. The van der Waals surface area contributed by atoms with Gasteiger partial charge in [0.05, 0.1) is 5.69 Å². The standard InChI is InChI=1S/C15H19N5O/c1-17-7-10-8-20(2)13-11(12(10)16)5-6-18-14(13)19-15(21)9-3-4-9/h5-7,9H,3-4,8,16H2,1-2H3,(H,18,19,21). The van der Waals surface area contributed by atoms with Crippen LogP contribution in [0.25, 0.3) is 5.70 Å². The minimum Gasteiger partial charge on any atom is -0.398 e. The van der Waals surface area contributed by atoms with Crippen LogP contribution in [-0.2, 0) is 4.79 Å². The quantitative estimate of drug-likeness (QED) is 0.819. The van der Waals surface area contributed by atoms with Crippen molar-refractivity contribution >= 4 is 29.3 Å². The van der Waals surface area contributed by atoms with Gasteiger partial charge in [0, 0.05) is 55.8 Å². The number of pyridine rings is 1. The van der Waals surface area contributed by atoms with Gasteiger partial charge in [-0.1, -0.05) is 0 Å². The molecule has 0 radical (unpaired) electrons. The second kappa shape index (κ2) is 5.20. The second-order valence-corrected chi connectivity index (χ2v) is 5.50. The Kier molecular flexibility index (Phi) is 3.37. The molecule has 6 nitrogen and oxygen atoms in total. The van der Waals surface area contributed by atoms with Gasteiger partial charge in [-0.2, -0.15) is 0 Å². The van der Waals surface area contributed by atoms with Crippen LogP contribution in [0.3, 0.4) is 0 Å². The number of aliphatic imine (C=N–C) groups is 1. The number of hydrogen-bond donors (Lipinski definition) is 2. The van der Waals surface area contributed by atoms with Crippen LogP contribution >= 0.6 is 0 Å². The van der Waals surface area contributed by atoms with E-state index in [4.69, 9.17) is 5.73 Å². The SMILES string of the molecule is CN=CC1=C(N)c2ccnc(NC(=O)C3CC3)c2N(C)C1. The van der Waals surface area contributed by atoms with Gasteiger partial charge >= 0.3 is 0 Å². The van der Waals surface area contributed by atoms with Crippen molar-refractivity contribution in [2.45, 2.75) is 12.8 Å². The van der Waals surface area contributed by atoms with E-state index in [1.807, 2.05) is 18.0 Å². The van der Waals surface area contributed by atoms with Crippen LogP contribution < -0.4 is 16.0 Å². The number of rotatable bonds is 3. The molecule has 1 fully saturated rings. The van der Waals surface area contributed by atoms with Gasteiger partial charge in [-0.15, -0.1) is 0 Å². The number of carbonyl (C=O) groups excluding carboxylic acids is 1. The van der Waals surface area contributed by atoms with Crippen LogP contribution in [0.15, 0.2) is 22.8 Å². The Balaban J connectivity index is 2.01. The van der Waals surface area contributed by atoms with Crippen LogP contribution in [0.5, 0.6) is 0 Å². The fourth-order valence-electron chi connectivity index (χ4n) is 2.57. The number of anilines is 2. The first-order chi connectivity index (χ1) is 10.1. The van der Waals surface area contributed by atoms with Crippen molar-refractivity contribution in [3.05, 3.63) is 23.4 Å². The van der Waals surface area contributed by atoms with Gasteiger partial charge in [0.1, 0.15) is 0 Å². The monoisotopic (exact) mass is 285 g/mol. The van der Waals surface area contributed by atoms with Gasteiger partial charge in [-0.25, -0.2) is 4.98 Å². The van der Waals surface area contributed by atoms with E-state index < -0.39 is 0 Å². The summed E-state index contributed by atoms with van der Waals surface area (Å²) in [4.78, 5) is 22.4. The molecule has 6 heteroatoms. The van der Waals surface area contributed by atoms with Gasteiger partial charge in [0.2, 0.25) is 5.91 Å². The number of amides is 1. The first kappa shape index (κ1) is 13.6. The summed E-state index contributed by atoms with van der Waals surface area (Å²) in [6.07, 6.45) is 5.39. The third-order valence-electron chi connectivity index (χ3n) is 3.82. The van der Waals surface area contributed by atoms with Crippen molar-refractivity contribution in [1.82, 2.24) is 4.98 Å². The molecule has 0 aromatic carbocycles. The summed E-state index contributed by atoms with van der Waals surface area (Å²) in [6, 6.07) is 1.87. The third kappa shape index (κ3) is 2.49. The molecule has 0 saturated heterocycles. The topological polar surface area (TPSA) is 83.6 Å². The summed E-state index contributed by atoms with van der Waals surface area (Å²) in [5.74, 6) is 0.780. The van der Waals surface area contributed by atoms with Gasteiger partial charge in [-0.3, -0.25) is 9.79 Å². The number of nitrogens with two attached hydrogens (primary N) is 1. The fourth-order valence-corrected chi connectivity index (χ4v) is 2.57. The lowest BCUT2D eigenvalue weighted by atomic mass is 10.0. The van der Waals surface area contributed by atoms with Crippen molar-refractivity contribution in [1.29, 1.82) is 0 Å². The maximum atomic E-state index is 12.0. The molecule has 0 atom stereocenters. The first-order valence-corrected chi connectivity index (χ1v) is 7.04. The molecular weight excluding hydrogens is 266 g/mol. The molecule has 1 amide bonds. The molecule has 1 aromatic rings. The summed E-state index contributed by atoms with van der Waals surface area (Å²) in [6.45, 7) is 0.647. The number of nitrogens with one attached hydrogen (secondary N) is 1. The van der Waals surface area contributed by atoms with E-state index >= 15 is 0 Å². The zero-order valence-corrected chi connectivity index (χ0v) is 12.3. The number of carbonyl (C=O) groups is 1. The summed E-state index contributed by atoms with van der Waals surface area (Å²) < 4.78 is 0. The molecule has 3 rings (SSSR count). The molecule has 0 spiro atoms. The van der Waals surface area contributed by atoms with Crippen LogP contribution in [0.4, 0.5) is 11.5 Å². The molecule has 3 N–H and O–H groups in total. The summed E-state index contributed by atoms with van der Waals surface area (Å²) in [5, 5.41) is 2.93. The number of fused-ring (bicyclic) bond motifs is 1. The Morgan fingerprint density at radius 2 is 2.33 bits per heavy atom. The predicted octanol–water partition coefficient (Wildman–Crippen LogP) is 1.25. The molecular formula is C15H19N5O. The summed E-state index contributed by atoms with van der Waals surface area (Å²) in [7, 11) is 3.69. The predicted molar refractivity (Wildman–Crippen MR) is 84.4 cm³/mol. The maximum absolute atomic E-state index is 12.0. The Labute approximate surface area is 123 Å². The van der Waals surface area contributed by atoms with E-state index in [1.165, 1.54) is 0 Å². The van der Waals surface area contributed by atoms with E-state index in [9.17, 15) is 4.79 Å². The van der Waals surface area contributed by atoms with Gasteiger partial charge < -0.3 is 16.0 Å². The average molecular weight is 285 g/mol. The molecule has 2 heterocycles. The number of aromatic nitrogens is 1. The molecule has 2 aliphatic rings. The highest BCUT2D eigenvalue weighted by atomic mass is 16.2. The van der Waals surface area contributed by atoms with Crippen molar-refractivity contribution in [3.63, 3.8) is 0 Å². The first-order valence-electron chi connectivity index (χ1n) is 7.04. The fraction of sp³-hybridized carbons (Fsp3) is 0.400. The smallest absolute Gasteiger partial charge is 0.228 e. The minimum atomic E-state index is 0.0489. The van der Waals surface area contributed by atoms with Crippen molar-refractivity contribution in [2.24, 2.45) is 16.6 Å². The second-order valence-electron chi connectivity index (χ2n) is 5.50. The largest absolute Gasteiger partial charge is 0.398 e. The molecule has 1 aliphatic carbocycles. The van der Waals surface area contributed by atoms with E-state index in [-0.39, 0.29) is 11.8 Å². The van der Waals surface area contributed by atoms with E-state index in [0.717, 1.165) is 29.7 Å². The zero-order valence-electron chi connectivity index (χ0n) is 12.3. The van der Waals surface area contributed by atoms with Gasteiger partial charge in [-0.05, 0) is 18.9 Å². The number of hydrogen-bond acceptors (Lipinski definition) is 5. The van der Waals surface area contributed by atoms with Crippen molar-refractivity contribution < 1.29 is 4.79 Å². The van der Waals surface area contributed by atoms with Crippen molar-refractivity contribution in [2.75, 3.05) is 30.9 Å². The Morgan fingerprint density at radius 3 is 3.00 bits per heavy atom.